The SMILES string of the molecule is CC(C)(C)OC(=O)N1CCn2nc(-c3cncc(C#N)c3)nc2C1. The van der Waals surface area contributed by atoms with Crippen molar-refractivity contribution in [3.8, 4) is 17.5 Å². The van der Waals surface area contributed by atoms with Crippen LogP contribution in [-0.2, 0) is 17.8 Å². The van der Waals surface area contributed by atoms with E-state index in [0.717, 1.165) is 0 Å². The summed E-state index contributed by atoms with van der Waals surface area (Å²) in [5.41, 5.74) is 0.604. The number of amides is 1. The van der Waals surface area contributed by atoms with Crippen molar-refractivity contribution in [2.45, 2.75) is 39.5 Å². The van der Waals surface area contributed by atoms with Crippen molar-refractivity contribution in [2.75, 3.05) is 6.54 Å². The predicted octanol–water partition coefficient (Wildman–Crippen LogP) is 1.96. The standard InChI is InChI=1S/C16H18N6O2/c1-16(2,3)24-15(23)21-4-5-22-13(10-21)19-14(20-22)12-6-11(7-17)8-18-9-12/h6,8-9H,4-5,10H2,1-3H3. The molecule has 24 heavy (non-hydrogen) atoms. The summed E-state index contributed by atoms with van der Waals surface area (Å²) in [6.45, 7) is 6.92. The molecule has 1 aliphatic rings. The van der Waals surface area contributed by atoms with E-state index >= 15 is 0 Å². The highest BCUT2D eigenvalue weighted by molar-refractivity contribution is 5.68. The van der Waals surface area contributed by atoms with Gasteiger partial charge in [0.15, 0.2) is 5.82 Å². The van der Waals surface area contributed by atoms with Crippen LogP contribution in [0.2, 0.25) is 0 Å². The predicted molar refractivity (Wildman–Crippen MR) is 84.6 cm³/mol. The second-order valence-electron chi connectivity index (χ2n) is 6.55. The van der Waals surface area contributed by atoms with Gasteiger partial charge in [-0.2, -0.15) is 10.4 Å². The number of hydrogen-bond donors (Lipinski definition) is 0. The Morgan fingerprint density at radius 1 is 1.33 bits per heavy atom. The van der Waals surface area contributed by atoms with Crippen LogP contribution in [0, 0.1) is 11.3 Å². The number of carbonyl (C=O) groups is 1. The Labute approximate surface area is 139 Å². The fourth-order valence-electron chi connectivity index (χ4n) is 2.36. The van der Waals surface area contributed by atoms with E-state index in [2.05, 4.69) is 15.1 Å². The molecule has 0 bridgehead atoms. The number of rotatable bonds is 1. The first kappa shape index (κ1) is 15.9. The summed E-state index contributed by atoms with van der Waals surface area (Å²) in [5.74, 6) is 1.19. The summed E-state index contributed by atoms with van der Waals surface area (Å²) < 4.78 is 7.17. The second-order valence-corrected chi connectivity index (χ2v) is 6.55. The molecule has 8 nitrogen and oxygen atoms in total. The maximum absolute atomic E-state index is 12.2. The van der Waals surface area contributed by atoms with Crippen LogP contribution in [0.1, 0.15) is 32.2 Å². The molecule has 0 saturated carbocycles. The number of nitriles is 1. The molecule has 1 amide bonds. The zero-order valence-corrected chi connectivity index (χ0v) is 13.9. The third kappa shape index (κ3) is 3.35. The average Bonchev–Trinajstić information content (AvgIpc) is 2.96. The minimum absolute atomic E-state index is 0.341. The molecule has 0 fully saturated rings. The van der Waals surface area contributed by atoms with Gasteiger partial charge in [-0.1, -0.05) is 0 Å². The highest BCUT2D eigenvalue weighted by Gasteiger charge is 2.27. The molecule has 0 atom stereocenters. The van der Waals surface area contributed by atoms with Gasteiger partial charge in [0.25, 0.3) is 0 Å². The number of carbonyl (C=O) groups excluding carboxylic acids is 1. The van der Waals surface area contributed by atoms with Crippen LogP contribution in [0.4, 0.5) is 4.79 Å². The Balaban J connectivity index is 1.80. The van der Waals surface area contributed by atoms with Gasteiger partial charge in [0.1, 0.15) is 17.5 Å². The number of pyridine rings is 1. The van der Waals surface area contributed by atoms with Crippen molar-refractivity contribution < 1.29 is 9.53 Å². The van der Waals surface area contributed by atoms with Gasteiger partial charge in [-0.15, -0.1) is 0 Å². The van der Waals surface area contributed by atoms with E-state index in [0.29, 0.717) is 42.4 Å². The van der Waals surface area contributed by atoms with Crippen molar-refractivity contribution in [2.24, 2.45) is 0 Å². The fraction of sp³-hybridized carbons (Fsp3) is 0.438. The lowest BCUT2D eigenvalue weighted by Crippen LogP contribution is -2.41. The zero-order chi connectivity index (χ0) is 17.3. The summed E-state index contributed by atoms with van der Waals surface area (Å²) in [4.78, 5) is 22.3. The van der Waals surface area contributed by atoms with Gasteiger partial charge < -0.3 is 4.74 Å². The lowest BCUT2D eigenvalue weighted by Gasteiger charge is -2.29. The van der Waals surface area contributed by atoms with Crippen molar-refractivity contribution in [3.63, 3.8) is 0 Å². The van der Waals surface area contributed by atoms with Gasteiger partial charge in [-0.25, -0.2) is 14.5 Å². The summed E-state index contributed by atoms with van der Waals surface area (Å²) in [6.07, 6.45) is 2.75. The molecule has 0 unspecified atom stereocenters. The first-order chi connectivity index (χ1) is 11.4. The monoisotopic (exact) mass is 326 g/mol. The lowest BCUT2D eigenvalue weighted by molar-refractivity contribution is 0.0190. The van der Waals surface area contributed by atoms with E-state index in [9.17, 15) is 4.79 Å². The van der Waals surface area contributed by atoms with E-state index in [4.69, 9.17) is 10.00 Å². The molecule has 0 aliphatic carbocycles. The maximum atomic E-state index is 12.2. The highest BCUT2D eigenvalue weighted by atomic mass is 16.6. The molecular formula is C16H18N6O2. The van der Waals surface area contributed by atoms with Crippen LogP contribution < -0.4 is 0 Å². The molecule has 0 radical (unpaired) electrons. The van der Waals surface area contributed by atoms with Crippen molar-refractivity contribution in [3.05, 3.63) is 29.8 Å². The Morgan fingerprint density at radius 2 is 2.12 bits per heavy atom. The topological polar surface area (TPSA) is 96.9 Å². The number of ether oxygens (including phenoxy) is 1. The van der Waals surface area contributed by atoms with Gasteiger partial charge in [0.2, 0.25) is 0 Å². The molecular weight excluding hydrogens is 308 g/mol. The van der Waals surface area contributed by atoms with E-state index < -0.39 is 5.60 Å². The third-order valence-corrected chi connectivity index (χ3v) is 3.44. The van der Waals surface area contributed by atoms with Crippen LogP contribution in [0.25, 0.3) is 11.4 Å². The molecule has 1 aliphatic heterocycles. The van der Waals surface area contributed by atoms with Gasteiger partial charge >= 0.3 is 6.09 Å². The van der Waals surface area contributed by atoms with E-state index in [1.54, 1.807) is 21.8 Å². The van der Waals surface area contributed by atoms with Crippen LogP contribution in [0.15, 0.2) is 18.5 Å². The van der Waals surface area contributed by atoms with Gasteiger partial charge in [0.05, 0.1) is 18.7 Å². The molecule has 2 aromatic rings. The van der Waals surface area contributed by atoms with Gasteiger partial charge in [-0.3, -0.25) is 9.88 Å². The Kier molecular flexibility index (Phi) is 3.93. The van der Waals surface area contributed by atoms with Crippen LogP contribution in [0.5, 0.6) is 0 Å². The van der Waals surface area contributed by atoms with Crippen molar-refractivity contribution in [1.82, 2.24) is 24.6 Å². The molecule has 0 spiro atoms. The fourth-order valence-corrected chi connectivity index (χ4v) is 2.36. The molecule has 0 saturated heterocycles. The van der Waals surface area contributed by atoms with E-state index in [1.807, 2.05) is 26.8 Å². The van der Waals surface area contributed by atoms with Gasteiger partial charge in [0, 0.05) is 24.5 Å². The number of aromatic nitrogens is 4. The smallest absolute Gasteiger partial charge is 0.410 e. The second kappa shape index (κ2) is 5.92. The van der Waals surface area contributed by atoms with Crippen LogP contribution in [-0.4, -0.2) is 42.9 Å². The van der Waals surface area contributed by atoms with Crippen molar-refractivity contribution in [1.29, 1.82) is 5.26 Å². The van der Waals surface area contributed by atoms with Gasteiger partial charge in [-0.05, 0) is 26.8 Å². The van der Waals surface area contributed by atoms with Crippen LogP contribution in [0.3, 0.4) is 0 Å². The molecule has 2 aromatic heterocycles. The normalized spacial score (nSPS) is 14.0. The molecule has 3 rings (SSSR count). The number of fused-ring (bicyclic) bond motifs is 1. The van der Waals surface area contributed by atoms with E-state index in [1.165, 1.54) is 6.20 Å². The first-order valence-electron chi connectivity index (χ1n) is 7.63. The maximum Gasteiger partial charge on any atom is 0.410 e. The zero-order valence-electron chi connectivity index (χ0n) is 13.9. The van der Waals surface area contributed by atoms with E-state index in [-0.39, 0.29) is 6.09 Å². The molecule has 0 N–H and O–H groups in total. The largest absolute Gasteiger partial charge is 0.444 e. The summed E-state index contributed by atoms with van der Waals surface area (Å²) in [7, 11) is 0. The minimum atomic E-state index is -0.531. The molecule has 3 heterocycles. The quantitative estimate of drug-likeness (QED) is 0.794. The lowest BCUT2D eigenvalue weighted by atomic mass is 10.2. The summed E-state index contributed by atoms with van der Waals surface area (Å²) >= 11 is 0. The minimum Gasteiger partial charge on any atom is -0.444 e. The number of nitrogens with zero attached hydrogens (tertiary/aromatic N) is 6. The Bertz CT molecular complexity index is 815. The Morgan fingerprint density at radius 3 is 2.83 bits per heavy atom. The first-order valence-corrected chi connectivity index (χ1v) is 7.63. The highest BCUT2D eigenvalue weighted by Crippen LogP contribution is 2.20. The molecule has 0 aromatic carbocycles. The molecule has 124 valence electrons. The number of hydrogen-bond acceptors (Lipinski definition) is 6. The Hall–Kier alpha value is -2.95. The molecule has 8 heteroatoms. The summed E-state index contributed by atoms with van der Waals surface area (Å²) in [5, 5.41) is 13.4. The third-order valence-electron chi connectivity index (χ3n) is 3.44. The van der Waals surface area contributed by atoms with Crippen LogP contribution >= 0.6 is 0 Å². The van der Waals surface area contributed by atoms with Crippen molar-refractivity contribution >= 4 is 6.09 Å². The summed E-state index contributed by atoms with van der Waals surface area (Å²) in [6, 6.07) is 3.74. The average molecular weight is 326 g/mol.